The Hall–Kier alpha value is -3.58. The molecule has 0 aliphatic carbocycles. The number of H-pyrrole nitrogens is 1. The summed E-state index contributed by atoms with van der Waals surface area (Å²) in [7, 11) is 0. The van der Waals surface area contributed by atoms with Crippen molar-refractivity contribution >= 4 is 34.6 Å². The molecule has 7 heteroatoms. The lowest BCUT2D eigenvalue weighted by molar-refractivity contribution is 0.0535. The van der Waals surface area contributed by atoms with Gasteiger partial charge in [-0.25, -0.2) is 4.98 Å². The lowest BCUT2D eigenvalue weighted by Crippen LogP contribution is -2.50. The summed E-state index contributed by atoms with van der Waals surface area (Å²) in [6.07, 6.45) is 0. The summed E-state index contributed by atoms with van der Waals surface area (Å²) in [4.78, 5) is 37.1. The van der Waals surface area contributed by atoms with E-state index in [4.69, 9.17) is 0 Å². The molecule has 1 N–H and O–H groups in total. The highest BCUT2D eigenvalue weighted by atomic mass is 32.2. The van der Waals surface area contributed by atoms with E-state index in [1.165, 1.54) is 0 Å². The van der Waals surface area contributed by atoms with Gasteiger partial charge in [0, 0.05) is 43.1 Å². The van der Waals surface area contributed by atoms with Crippen molar-refractivity contribution in [1.82, 2.24) is 19.8 Å². The van der Waals surface area contributed by atoms with E-state index in [0.29, 0.717) is 37.3 Å². The van der Waals surface area contributed by atoms with Gasteiger partial charge in [0.2, 0.25) is 0 Å². The number of fused-ring (bicyclic) bond motifs is 1. The molecule has 2 amide bonds. The van der Waals surface area contributed by atoms with Gasteiger partial charge in [-0.3, -0.25) is 9.59 Å². The van der Waals surface area contributed by atoms with Crippen LogP contribution in [-0.2, 0) is 5.75 Å². The highest BCUT2D eigenvalue weighted by molar-refractivity contribution is 7.98. The molecule has 2 heterocycles. The molecule has 0 saturated carbocycles. The molecule has 0 bridgehead atoms. The largest absolute Gasteiger partial charge is 0.335 e. The van der Waals surface area contributed by atoms with E-state index in [9.17, 15) is 9.59 Å². The number of rotatable bonds is 5. The fourth-order valence-corrected chi connectivity index (χ4v) is 4.79. The third-order valence-corrected chi connectivity index (χ3v) is 6.76. The first kappa shape index (κ1) is 21.3. The molecule has 0 atom stereocenters. The van der Waals surface area contributed by atoms with Crippen LogP contribution in [0.3, 0.4) is 0 Å². The van der Waals surface area contributed by atoms with Gasteiger partial charge in [0.25, 0.3) is 11.8 Å². The number of carbonyl (C=O) groups is 2. The van der Waals surface area contributed by atoms with Crippen LogP contribution < -0.4 is 0 Å². The molecule has 1 saturated heterocycles. The number of hydrogen-bond acceptors (Lipinski definition) is 4. The summed E-state index contributed by atoms with van der Waals surface area (Å²) in [5.41, 5.74) is 4.50. The first-order valence-electron chi connectivity index (χ1n) is 11.0. The number of aromatic nitrogens is 2. The summed E-state index contributed by atoms with van der Waals surface area (Å²) >= 11 is 1.64. The molecule has 0 spiro atoms. The first-order valence-corrected chi connectivity index (χ1v) is 12.0. The standard InChI is InChI=1S/C26H24N4O2S/c31-24(20-6-2-1-3-7-20)29-14-16-30(17-15-29)25(32)21-12-10-19(11-13-21)18-33-26-27-22-8-4-5-9-23(22)28-26/h1-13H,14-18H2,(H,27,28). The monoisotopic (exact) mass is 456 g/mol. The summed E-state index contributed by atoms with van der Waals surface area (Å²) in [5.74, 6) is 0.807. The van der Waals surface area contributed by atoms with Crippen molar-refractivity contribution in [2.75, 3.05) is 26.2 Å². The van der Waals surface area contributed by atoms with Crippen LogP contribution in [0, 0.1) is 0 Å². The van der Waals surface area contributed by atoms with Crippen LogP contribution in [0.5, 0.6) is 0 Å². The average Bonchev–Trinajstić information content (AvgIpc) is 3.31. The van der Waals surface area contributed by atoms with Crippen molar-refractivity contribution < 1.29 is 9.59 Å². The number of imidazole rings is 1. The Labute approximate surface area is 196 Å². The van der Waals surface area contributed by atoms with Crippen molar-refractivity contribution in [3.63, 3.8) is 0 Å². The maximum absolute atomic E-state index is 12.9. The second-order valence-corrected chi connectivity index (χ2v) is 8.96. The molecule has 0 unspecified atom stereocenters. The smallest absolute Gasteiger partial charge is 0.253 e. The number of nitrogens with zero attached hydrogens (tertiary/aromatic N) is 3. The first-order chi connectivity index (χ1) is 16.2. The van der Waals surface area contributed by atoms with Gasteiger partial charge in [-0.05, 0) is 42.0 Å². The molecule has 0 radical (unpaired) electrons. The Morgan fingerprint density at radius 2 is 1.33 bits per heavy atom. The molecular weight excluding hydrogens is 432 g/mol. The van der Waals surface area contributed by atoms with Gasteiger partial charge in [-0.15, -0.1) is 0 Å². The zero-order chi connectivity index (χ0) is 22.6. The third-order valence-electron chi connectivity index (χ3n) is 5.82. The molecule has 1 fully saturated rings. The number of carbonyl (C=O) groups excluding carboxylic acids is 2. The number of aromatic amines is 1. The van der Waals surface area contributed by atoms with Crippen LogP contribution in [0.4, 0.5) is 0 Å². The Bertz CT molecular complexity index is 1230. The number of thioether (sulfide) groups is 1. The lowest BCUT2D eigenvalue weighted by atomic mass is 10.1. The average molecular weight is 457 g/mol. The van der Waals surface area contributed by atoms with E-state index in [1.807, 2.05) is 88.7 Å². The highest BCUT2D eigenvalue weighted by Crippen LogP contribution is 2.23. The van der Waals surface area contributed by atoms with Crippen molar-refractivity contribution in [3.05, 3.63) is 95.6 Å². The van der Waals surface area contributed by atoms with E-state index >= 15 is 0 Å². The van der Waals surface area contributed by atoms with Gasteiger partial charge in [0.15, 0.2) is 5.16 Å². The minimum absolute atomic E-state index is 0.0123. The quantitative estimate of drug-likeness (QED) is 0.451. The number of amides is 2. The van der Waals surface area contributed by atoms with Crippen LogP contribution in [0.1, 0.15) is 26.3 Å². The van der Waals surface area contributed by atoms with Gasteiger partial charge in [-0.2, -0.15) is 0 Å². The van der Waals surface area contributed by atoms with Gasteiger partial charge in [-0.1, -0.05) is 54.2 Å². The number of hydrogen-bond donors (Lipinski definition) is 1. The fourth-order valence-electron chi connectivity index (χ4n) is 3.95. The van der Waals surface area contributed by atoms with Gasteiger partial charge in [0.1, 0.15) is 0 Å². The van der Waals surface area contributed by atoms with Crippen molar-refractivity contribution in [2.24, 2.45) is 0 Å². The third kappa shape index (κ3) is 4.78. The van der Waals surface area contributed by atoms with Gasteiger partial charge < -0.3 is 14.8 Å². The van der Waals surface area contributed by atoms with E-state index in [0.717, 1.165) is 27.5 Å². The van der Waals surface area contributed by atoms with E-state index in [-0.39, 0.29) is 11.8 Å². The van der Waals surface area contributed by atoms with Crippen LogP contribution >= 0.6 is 11.8 Å². The van der Waals surface area contributed by atoms with Crippen LogP contribution in [0.25, 0.3) is 11.0 Å². The molecule has 5 rings (SSSR count). The molecule has 6 nitrogen and oxygen atoms in total. The summed E-state index contributed by atoms with van der Waals surface area (Å²) in [6.45, 7) is 2.18. The summed E-state index contributed by atoms with van der Waals surface area (Å²) < 4.78 is 0. The fraction of sp³-hybridized carbons (Fsp3) is 0.192. The van der Waals surface area contributed by atoms with Crippen molar-refractivity contribution in [1.29, 1.82) is 0 Å². The number of benzene rings is 3. The predicted molar refractivity (Wildman–Crippen MR) is 130 cm³/mol. The predicted octanol–water partition coefficient (Wildman–Crippen LogP) is 4.45. The van der Waals surface area contributed by atoms with Gasteiger partial charge >= 0.3 is 0 Å². The summed E-state index contributed by atoms with van der Waals surface area (Å²) in [5, 5.41) is 0.888. The Kier molecular flexibility index (Phi) is 6.13. The van der Waals surface area contributed by atoms with Crippen LogP contribution in [0.2, 0.25) is 0 Å². The lowest BCUT2D eigenvalue weighted by Gasteiger charge is -2.35. The number of nitrogens with one attached hydrogen (secondary N) is 1. The second kappa shape index (κ2) is 9.50. The molecule has 1 aliphatic heterocycles. The molecule has 1 aliphatic rings. The van der Waals surface area contributed by atoms with E-state index in [2.05, 4.69) is 9.97 Å². The van der Waals surface area contributed by atoms with Crippen LogP contribution in [-0.4, -0.2) is 57.8 Å². The number of piperazine rings is 1. The minimum Gasteiger partial charge on any atom is -0.335 e. The SMILES string of the molecule is O=C(c1ccccc1)N1CCN(C(=O)c2ccc(CSc3nc4ccccc4[nH]3)cc2)CC1. The number of para-hydroxylation sites is 2. The Morgan fingerprint density at radius 3 is 1.97 bits per heavy atom. The molecular formula is C26H24N4O2S. The molecule has 1 aromatic heterocycles. The van der Waals surface area contributed by atoms with Crippen molar-refractivity contribution in [2.45, 2.75) is 10.9 Å². The van der Waals surface area contributed by atoms with Crippen LogP contribution in [0.15, 0.2) is 84.0 Å². The maximum Gasteiger partial charge on any atom is 0.253 e. The second-order valence-electron chi connectivity index (χ2n) is 8.00. The zero-order valence-electron chi connectivity index (χ0n) is 18.1. The van der Waals surface area contributed by atoms with E-state index < -0.39 is 0 Å². The molecule has 4 aromatic rings. The zero-order valence-corrected chi connectivity index (χ0v) is 18.9. The Balaban J connectivity index is 1.15. The Morgan fingerprint density at radius 1 is 0.758 bits per heavy atom. The maximum atomic E-state index is 12.9. The normalized spacial score (nSPS) is 13.9. The molecule has 166 valence electrons. The minimum atomic E-state index is 0.0123. The molecule has 3 aromatic carbocycles. The van der Waals surface area contributed by atoms with Gasteiger partial charge in [0.05, 0.1) is 11.0 Å². The van der Waals surface area contributed by atoms with Crippen molar-refractivity contribution in [3.8, 4) is 0 Å². The molecule has 33 heavy (non-hydrogen) atoms. The highest BCUT2D eigenvalue weighted by Gasteiger charge is 2.25. The summed E-state index contributed by atoms with van der Waals surface area (Å²) in [6, 6.07) is 25.0. The van der Waals surface area contributed by atoms with E-state index in [1.54, 1.807) is 11.8 Å². The topological polar surface area (TPSA) is 69.3 Å².